The van der Waals surface area contributed by atoms with Crippen LogP contribution in [0.15, 0.2) is 91.3 Å². The summed E-state index contributed by atoms with van der Waals surface area (Å²) in [5.74, 6) is 2.56. The van der Waals surface area contributed by atoms with Crippen molar-refractivity contribution in [1.82, 2.24) is 14.9 Å². The number of rotatable bonds is 7. The van der Waals surface area contributed by atoms with Crippen LogP contribution < -0.4 is 14.2 Å². The van der Waals surface area contributed by atoms with Crippen LogP contribution in [0.2, 0.25) is 0 Å². The van der Waals surface area contributed by atoms with Gasteiger partial charge in [0, 0.05) is 56.5 Å². The minimum atomic E-state index is -0.331. The lowest BCUT2D eigenvalue weighted by atomic mass is 10.1. The van der Waals surface area contributed by atoms with Gasteiger partial charge in [0.25, 0.3) is 0 Å². The predicted octanol–water partition coefficient (Wildman–Crippen LogP) is 6.21. The largest absolute Gasteiger partial charge is 0.490 e. The zero-order valence-electron chi connectivity index (χ0n) is 20.7. The SMILES string of the molecule is Cc1ccnc(Cc2ccc(OC(=O)N3CCC(Oc4ccc(Oc5ccccn5)cc4)CC3)cc2)c1. The molecule has 1 fully saturated rings. The van der Waals surface area contributed by atoms with E-state index in [2.05, 4.69) is 23.0 Å². The van der Waals surface area contributed by atoms with Crippen molar-refractivity contribution in [2.45, 2.75) is 32.3 Å². The van der Waals surface area contributed by atoms with Crippen LogP contribution in [-0.4, -0.2) is 40.2 Å². The van der Waals surface area contributed by atoms with Gasteiger partial charge in [0.2, 0.25) is 5.88 Å². The van der Waals surface area contributed by atoms with Crippen molar-refractivity contribution in [2.75, 3.05) is 13.1 Å². The third-order valence-electron chi connectivity index (χ3n) is 6.17. The van der Waals surface area contributed by atoms with Gasteiger partial charge in [-0.1, -0.05) is 18.2 Å². The molecule has 2 aromatic carbocycles. The first-order valence-corrected chi connectivity index (χ1v) is 12.4. The second kappa shape index (κ2) is 11.6. The molecule has 0 N–H and O–H groups in total. The van der Waals surface area contributed by atoms with Crippen molar-refractivity contribution in [2.24, 2.45) is 0 Å². The third-order valence-corrected chi connectivity index (χ3v) is 6.17. The van der Waals surface area contributed by atoms with Crippen molar-refractivity contribution in [3.8, 4) is 23.1 Å². The first-order valence-electron chi connectivity index (χ1n) is 12.4. The van der Waals surface area contributed by atoms with Gasteiger partial charge in [0.15, 0.2) is 0 Å². The number of amides is 1. The Morgan fingerprint density at radius 1 is 0.865 bits per heavy atom. The molecule has 3 heterocycles. The van der Waals surface area contributed by atoms with E-state index in [1.807, 2.05) is 79.0 Å². The molecule has 1 aliphatic heterocycles. The minimum absolute atomic E-state index is 0.0427. The van der Waals surface area contributed by atoms with E-state index in [-0.39, 0.29) is 12.2 Å². The topological polar surface area (TPSA) is 73.8 Å². The number of hydrogen-bond donors (Lipinski definition) is 0. The smallest absolute Gasteiger partial charge is 0.415 e. The number of likely N-dealkylation sites (tertiary alicyclic amines) is 1. The standard InChI is InChI=1S/C30H29N3O4/c1-22-13-17-31-24(20-22)21-23-5-7-27(8-6-23)37-30(34)33-18-14-28(15-19-33)35-25-9-11-26(12-10-25)36-29-4-2-3-16-32-29/h2-13,16-17,20,28H,14-15,18-19,21H2,1H3. The van der Waals surface area contributed by atoms with Gasteiger partial charge in [0.05, 0.1) is 0 Å². The molecule has 0 radical (unpaired) electrons. The zero-order chi connectivity index (χ0) is 25.5. The Morgan fingerprint density at radius 3 is 2.30 bits per heavy atom. The molecule has 37 heavy (non-hydrogen) atoms. The number of hydrogen-bond acceptors (Lipinski definition) is 6. The van der Waals surface area contributed by atoms with Gasteiger partial charge >= 0.3 is 6.09 Å². The zero-order valence-corrected chi connectivity index (χ0v) is 20.7. The number of carbonyl (C=O) groups excluding carboxylic acids is 1. The highest BCUT2D eigenvalue weighted by molar-refractivity contribution is 5.70. The average molecular weight is 496 g/mol. The molecule has 4 aromatic rings. The van der Waals surface area contributed by atoms with Crippen LogP contribution in [0.25, 0.3) is 0 Å². The predicted molar refractivity (Wildman–Crippen MR) is 140 cm³/mol. The molecule has 7 nitrogen and oxygen atoms in total. The summed E-state index contributed by atoms with van der Waals surface area (Å²) in [6.07, 6.45) is 5.45. The molecule has 0 unspecified atom stereocenters. The molecule has 1 aliphatic rings. The molecule has 0 saturated carbocycles. The molecular formula is C30H29N3O4. The van der Waals surface area contributed by atoms with Gasteiger partial charge in [-0.15, -0.1) is 0 Å². The van der Waals surface area contributed by atoms with Gasteiger partial charge in [-0.2, -0.15) is 0 Å². The Balaban J connectivity index is 1.06. The molecule has 188 valence electrons. The molecule has 0 bridgehead atoms. The maximum Gasteiger partial charge on any atom is 0.415 e. The second-order valence-electron chi connectivity index (χ2n) is 9.06. The molecule has 5 rings (SSSR count). The Labute approximate surface area is 216 Å². The summed E-state index contributed by atoms with van der Waals surface area (Å²) in [6.45, 7) is 3.23. The van der Waals surface area contributed by atoms with Crippen molar-refractivity contribution in [1.29, 1.82) is 0 Å². The van der Waals surface area contributed by atoms with Crippen molar-refractivity contribution in [3.05, 3.63) is 108 Å². The Morgan fingerprint density at radius 2 is 1.59 bits per heavy atom. The van der Waals surface area contributed by atoms with Gasteiger partial charge in [0.1, 0.15) is 23.4 Å². The molecule has 0 aliphatic carbocycles. The number of carbonyl (C=O) groups is 1. The van der Waals surface area contributed by atoms with E-state index < -0.39 is 0 Å². The Kier molecular flexibility index (Phi) is 7.60. The number of pyridine rings is 2. The lowest BCUT2D eigenvalue weighted by molar-refractivity contribution is 0.0930. The normalized spacial score (nSPS) is 13.7. The fourth-order valence-corrected chi connectivity index (χ4v) is 4.21. The fraction of sp³-hybridized carbons (Fsp3) is 0.233. The maximum absolute atomic E-state index is 12.7. The highest BCUT2D eigenvalue weighted by Crippen LogP contribution is 2.25. The average Bonchev–Trinajstić information content (AvgIpc) is 2.92. The first-order chi connectivity index (χ1) is 18.1. The molecule has 2 aromatic heterocycles. The molecule has 1 amide bonds. The van der Waals surface area contributed by atoms with E-state index in [0.29, 0.717) is 30.5 Å². The van der Waals surface area contributed by atoms with Gasteiger partial charge in [-0.05, 0) is 72.6 Å². The molecule has 0 atom stereocenters. The van der Waals surface area contributed by atoms with E-state index in [9.17, 15) is 4.79 Å². The molecular weight excluding hydrogens is 466 g/mol. The van der Waals surface area contributed by atoms with Gasteiger partial charge in [-0.25, -0.2) is 9.78 Å². The third kappa shape index (κ3) is 6.85. The maximum atomic E-state index is 12.7. The lowest BCUT2D eigenvalue weighted by Crippen LogP contribution is -2.43. The minimum Gasteiger partial charge on any atom is -0.490 e. The number of nitrogens with zero attached hydrogens (tertiary/aromatic N) is 3. The first kappa shape index (κ1) is 24.3. The summed E-state index contributed by atoms with van der Waals surface area (Å²) in [5, 5.41) is 0. The number of ether oxygens (including phenoxy) is 3. The van der Waals surface area contributed by atoms with E-state index >= 15 is 0 Å². The van der Waals surface area contributed by atoms with Crippen LogP contribution >= 0.6 is 0 Å². The summed E-state index contributed by atoms with van der Waals surface area (Å²) in [5.41, 5.74) is 3.32. The molecule has 7 heteroatoms. The van der Waals surface area contributed by atoms with Crippen LogP contribution in [0.3, 0.4) is 0 Å². The van der Waals surface area contributed by atoms with Crippen LogP contribution in [0.5, 0.6) is 23.1 Å². The quantitative estimate of drug-likeness (QED) is 0.303. The number of benzene rings is 2. The van der Waals surface area contributed by atoms with E-state index in [4.69, 9.17) is 14.2 Å². The van der Waals surface area contributed by atoms with Crippen LogP contribution in [0.1, 0.15) is 29.7 Å². The summed E-state index contributed by atoms with van der Waals surface area (Å²) in [6, 6.07) is 24.7. The fourth-order valence-electron chi connectivity index (χ4n) is 4.21. The number of aryl methyl sites for hydroxylation is 1. The second-order valence-corrected chi connectivity index (χ2v) is 9.06. The Hall–Kier alpha value is -4.39. The lowest BCUT2D eigenvalue weighted by Gasteiger charge is -2.31. The van der Waals surface area contributed by atoms with Crippen molar-refractivity contribution < 1.29 is 19.0 Å². The molecule has 0 spiro atoms. The highest BCUT2D eigenvalue weighted by atomic mass is 16.6. The van der Waals surface area contributed by atoms with Gasteiger partial charge in [-0.3, -0.25) is 4.98 Å². The Bertz CT molecular complexity index is 1300. The van der Waals surface area contributed by atoms with Crippen molar-refractivity contribution >= 4 is 6.09 Å². The summed E-state index contributed by atoms with van der Waals surface area (Å²) >= 11 is 0. The van der Waals surface area contributed by atoms with Crippen LogP contribution in [0, 0.1) is 6.92 Å². The van der Waals surface area contributed by atoms with Crippen LogP contribution in [0.4, 0.5) is 4.79 Å². The number of aromatic nitrogens is 2. The summed E-state index contributed by atoms with van der Waals surface area (Å²) in [4.78, 5) is 23.0. The summed E-state index contributed by atoms with van der Waals surface area (Å²) < 4.78 is 17.4. The highest BCUT2D eigenvalue weighted by Gasteiger charge is 2.25. The van der Waals surface area contributed by atoms with Crippen molar-refractivity contribution in [3.63, 3.8) is 0 Å². The summed E-state index contributed by atoms with van der Waals surface area (Å²) in [7, 11) is 0. The van der Waals surface area contributed by atoms with Crippen LogP contribution in [-0.2, 0) is 6.42 Å². The monoisotopic (exact) mass is 495 g/mol. The van der Waals surface area contributed by atoms with E-state index in [0.717, 1.165) is 36.3 Å². The van der Waals surface area contributed by atoms with E-state index in [1.165, 1.54) is 5.56 Å². The van der Waals surface area contributed by atoms with E-state index in [1.54, 1.807) is 11.1 Å². The molecule has 1 saturated heterocycles. The van der Waals surface area contributed by atoms with Gasteiger partial charge < -0.3 is 19.1 Å². The number of piperidine rings is 1.